The Morgan fingerprint density at radius 3 is 2.75 bits per heavy atom. The molecule has 1 aliphatic heterocycles. The van der Waals surface area contributed by atoms with Gasteiger partial charge in [-0.05, 0) is 24.1 Å². The molecule has 0 radical (unpaired) electrons. The monoisotopic (exact) mass is 221 g/mol. The molecule has 1 fully saturated rings. The summed E-state index contributed by atoms with van der Waals surface area (Å²) in [5.74, 6) is 0.276. The third-order valence-electron chi connectivity index (χ3n) is 3.17. The number of aliphatic hydroxyl groups is 1. The van der Waals surface area contributed by atoms with E-state index >= 15 is 0 Å². The predicted octanol–water partition coefficient (Wildman–Crippen LogP) is 1.27. The van der Waals surface area contributed by atoms with Crippen LogP contribution in [0.3, 0.4) is 0 Å². The molecule has 2 rings (SSSR count). The van der Waals surface area contributed by atoms with Gasteiger partial charge in [0.1, 0.15) is 0 Å². The van der Waals surface area contributed by atoms with Gasteiger partial charge in [-0.1, -0.05) is 24.3 Å². The quantitative estimate of drug-likeness (QED) is 0.807. The molecule has 0 unspecified atom stereocenters. The summed E-state index contributed by atoms with van der Waals surface area (Å²) in [7, 11) is 1.70. The fraction of sp³-hybridized carbons (Fsp3) is 0.538. The van der Waals surface area contributed by atoms with Crippen LogP contribution >= 0.6 is 0 Å². The zero-order chi connectivity index (χ0) is 11.4. The number of hydrogen-bond acceptors (Lipinski definition) is 3. The van der Waals surface area contributed by atoms with Crippen molar-refractivity contribution in [3.63, 3.8) is 0 Å². The van der Waals surface area contributed by atoms with Crippen molar-refractivity contribution < 1.29 is 9.84 Å². The summed E-state index contributed by atoms with van der Waals surface area (Å²) in [6.07, 6.45) is 0.743. The van der Waals surface area contributed by atoms with Crippen molar-refractivity contribution in [2.45, 2.75) is 25.0 Å². The van der Waals surface area contributed by atoms with Crippen molar-refractivity contribution in [3.8, 4) is 0 Å². The Morgan fingerprint density at radius 2 is 2.12 bits per heavy atom. The molecule has 2 atom stereocenters. The Labute approximate surface area is 96.4 Å². The highest BCUT2D eigenvalue weighted by molar-refractivity contribution is 5.26. The van der Waals surface area contributed by atoms with E-state index in [1.807, 2.05) is 0 Å². The lowest BCUT2D eigenvalue weighted by Gasteiger charge is -2.28. The van der Waals surface area contributed by atoms with Crippen LogP contribution in [0.5, 0.6) is 0 Å². The van der Waals surface area contributed by atoms with E-state index in [2.05, 4.69) is 29.6 Å². The van der Waals surface area contributed by atoms with Crippen molar-refractivity contribution in [3.05, 3.63) is 35.4 Å². The van der Waals surface area contributed by atoms with E-state index in [1.165, 1.54) is 11.1 Å². The number of β-amino-alcohol motifs (C(OH)–C–C–N with tert-alkyl or cyclic N) is 1. The van der Waals surface area contributed by atoms with Gasteiger partial charge in [0.05, 0.1) is 12.7 Å². The van der Waals surface area contributed by atoms with E-state index in [0.29, 0.717) is 13.2 Å². The van der Waals surface area contributed by atoms with Gasteiger partial charge in [-0.25, -0.2) is 0 Å². The molecule has 1 aromatic rings. The molecule has 88 valence electrons. The summed E-state index contributed by atoms with van der Waals surface area (Å²) >= 11 is 0. The lowest BCUT2D eigenvalue weighted by Crippen LogP contribution is -2.39. The number of hydrogen-bond donors (Lipinski definition) is 2. The highest BCUT2D eigenvalue weighted by Gasteiger charge is 2.23. The number of methoxy groups -OCH3 is 1. The van der Waals surface area contributed by atoms with Crippen molar-refractivity contribution >= 4 is 0 Å². The van der Waals surface area contributed by atoms with Crippen LogP contribution in [0.4, 0.5) is 0 Å². The van der Waals surface area contributed by atoms with Crippen LogP contribution in [0.25, 0.3) is 0 Å². The van der Waals surface area contributed by atoms with Gasteiger partial charge in [-0.3, -0.25) is 0 Å². The molecule has 0 saturated carbocycles. The van der Waals surface area contributed by atoms with Crippen molar-refractivity contribution in [2.24, 2.45) is 0 Å². The molecule has 2 N–H and O–H groups in total. The van der Waals surface area contributed by atoms with Crippen LogP contribution in [-0.2, 0) is 11.3 Å². The summed E-state index contributed by atoms with van der Waals surface area (Å²) in [5, 5.41) is 13.1. The minimum Gasteiger partial charge on any atom is -0.391 e. The average Bonchev–Trinajstić information content (AvgIpc) is 2.31. The zero-order valence-corrected chi connectivity index (χ0v) is 9.65. The first-order chi connectivity index (χ1) is 7.81. The Kier molecular flexibility index (Phi) is 3.93. The van der Waals surface area contributed by atoms with Crippen molar-refractivity contribution in [1.29, 1.82) is 0 Å². The molecule has 0 aliphatic carbocycles. The number of nitrogens with one attached hydrogen (secondary N) is 1. The minimum absolute atomic E-state index is 0.262. The maximum atomic E-state index is 9.91. The normalized spacial score (nSPS) is 25.6. The summed E-state index contributed by atoms with van der Waals surface area (Å²) in [6.45, 7) is 2.33. The van der Waals surface area contributed by atoms with E-state index in [9.17, 15) is 5.11 Å². The molecule has 1 saturated heterocycles. The number of piperidine rings is 1. The Bertz CT molecular complexity index is 323. The van der Waals surface area contributed by atoms with Gasteiger partial charge < -0.3 is 15.2 Å². The molecule has 0 bridgehead atoms. The fourth-order valence-corrected chi connectivity index (χ4v) is 2.26. The van der Waals surface area contributed by atoms with Gasteiger partial charge >= 0.3 is 0 Å². The molecule has 0 aromatic heterocycles. The van der Waals surface area contributed by atoms with Gasteiger partial charge in [0.2, 0.25) is 0 Å². The second-order valence-electron chi connectivity index (χ2n) is 4.34. The minimum atomic E-state index is -0.262. The molecule has 0 amide bonds. The maximum absolute atomic E-state index is 9.91. The Balaban J connectivity index is 2.08. The number of aliphatic hydroxyl groups excluding tert-OH is 1. The van der Waals surface area contributed by atoms with Crippen LogP contribution in [0.2, 0.25) is 0 Å². The van der Waals surface area contributed by atoms with Crippen LogP contribution in [-0.4, -0.2) is 31.4 Å². The summed E-state index contributed by atoms with van der Waals surface area (Å²) in [5.41, 5.74) is 2.41. The third kappa shape index (κ3) is 2.61. The van der Waals surface area contributed by atoms with Crippen LogP contribution < -0.4 is 5.32 Å². The van der Waals surface area contributed by atoms with Gasteiger partial charge in [0.25, 0.3) is 0 Å². The first kappa shape index (κ1) is 11.6. The summed E-state index contributed by atoms with van der Waals surface area (Å²) in [4.78, 5) is 0. The van der Waals surface area contributed by atoms with Crippen LogP contribution in [0.1, 0.15) is 23.5 Å². The molecule has 16 heavy (non-hydrogen) atoms. The summed E-state index contributed by atoms with van der Waals surface area (Å²) < 4.78 is 5.07. The molecular weight excluding hydrogens is 202 g/mol. The number of ether oxygens (including phenoxy) is 1. The molecule has 0 spiro atoms. The van der Waals surface area contributed by atoms with Gasteiger partial charge in [0.15, 0.2) is 0 Å². The summed E-state index contributed by atoms with van der Waals surface area (Å²) in [6, 6.07) is 8.36. The highest BCUT2D eigenvalue weighted by atomic mass is 16.5. The van der Waals surface area contributed by atoms with Crippen LogP contribution in [0.15, 0.2) is 24.3 Å². The van der Waals surface area contributed by atoms with Gasteiger partial charge in [-0.2, -0.15) is 0 Å². The molecule has 3 heteroatoms. The second-order valence-corrected chi connectivity index (χ2v) is 4.34. The van der Waals surface area contributed by atoms with E-state index in [0.717, 1.165) is 13.0 Å². The topological polar surface area (TPSA) is 41.5 Å². The standard InChI is InChI=1S/C13H19NO2/c1-16-9-10-2-4-11(5-3-10)12-6-7-14-8-13(12)15/h2-5,12-15H,6-9H2,1H3/t12-,13+/m1/s1. The SMILES string of the molecule is COCc1ccc([C@H]2CCNC[C@@H]2O)cc1. The molecule has 1 heterocycles. The van der Waals surface area contributed by atoms with E-state index < -0.39 is 0 Å². The lowest BCUT2D eigenvalue weighted by molar-refractivity contribution is 0.118. The number of rotatable bonds is 3. The lowest BCUT2D eigenvalue weighted by atomic mass is 9.87. The largest absolute Gasteiger partial charge is 0.391 e. The molecule has 3 nitrogen and oxygen atoms in total. The third-order valence-corrected chi connectivity index (χ3v) is 3.17. The molecular formula is C13H19NO2. The molecule has 1 aromatic carbocycles. The second kappa shape index (κ2) is 5.43. The van der Waals surface area contributed by atoms with E-state index in [-0.39, 0.29) is 12.0 Å². The first-order valence-electron chi connectivity index (χ1n) is 5.78. The number of benzene rings is 1. The predicted molar refractivity (Wildman–Crippen MR) is 63.4 cm³/mol. The highest BCUT2D eigenvalue weighted by Crippen LogP contribution is 2.25. The van der Waals surface area contributed by atoms with E-state index in [1.54, 1.807) is 7.11 Å². The maximum Gasteiger partial charge on any atom is 0.0733 e. The Hall–Kier alpha value is -0.900. The van der Waals surface area contributed by atoms with Crippen molar-refractivity contribution in [1.82, 2.24) is 5.32 Å². The van der Waals surface area contributed by atoms with Crippen LogP contribution in [0, 0.1) is 0 Å². The smallest absolute Gasteiger partial charge is 0.0733 e. The van der Waals surface area contributed by atoms with E-state index in [4.69, 9.17) is 4.74 Å². The fourth-order valence-electron chi connectivity index (χ4n) is 2.26. The molecule has 1 aliphatic rings. The first-order valence-corrected chi connectivity index (χ1v) is 5.78. The zero-order valence-electron chi connectivity index (χ0n) is 9.65. The Morgan fingerprint density at radius 1 is 1.38 bits per heavy atom. The van der Waals surface area contributed by atoms with Gasteiger partial charge in [0, 0.05) is 19.6 Å². The van der Waals surface area contributed by atoms with Gasteiger partial charge in [-0.15, -0.1) is 0 Å². The average molecular weight is 221 g/mol. The van der Waals surface area contributed by atoms with Crippen molar-refractivity contribution in [2.75, 3.05) is 20.2 Å².